The van der Waals surface area contributed by atoms with Crippen molar-refractivity contribution in [3.63, 3.8) is 0 Å². The van der Waals surface area contributed by atoms with Crippen LogP contribution in [0.4, 0.5) is 5.69 Å². The second-order valence-corrected chi connectivity index (χ2v) is 8.53. The van der Waals surface area contributed by atoms with Crippen LogP contribution < -0.4 is 29.5 Å². The third-order valence-corrected chi connectivity index (χ3v) is 5.17. The van der Waals surface area contributed by atoms with Crippen molar-refractivity contribution in [2.75, 3.05) is 26.2 Å². The number of hydrogen-bond donors (Lipinski definition) is 1. The predicted molar refractivity (Wildman–Crippen MR) is 123 cm³/mol. The molecule has 0 atom stereocenters. The molecule has 0 spiro atoms. The number of nitrogens with two attached hydrogens (primary N) is 1. The maximum atomic E-state index is 12.2. The Hall–Kier alpha value is -2.64. The monoisotopic (exact) mass is 581 g/mol. The summed E-state index contributed by atoms with van der Waals surface area (Å²) in [6, 6.07) is 18.0. The van der Waals surface area contributed by atoms with Gasteiger partial charge in [-0.1, -0.05) is 60.3 Å². The average Bonchev–Trinajstić information content (AvgIpc) is 2.82. The Morgan fingerprint density at radius 1 is 0.946 bits per heavy atom. The smallest absolute Gasteiger partial charge is 0.872 e. The minimum atomic E-state index is -4.94. The van der Waals surface area contributed by atoms with Gasteiger partial charge in [-0.2, -0.15) is 0 Å². The van der Waals surface area contributed by atoms with Crippen LogP contribution in [-0.4, -0.2) is 42.2 Å². The minimum Gasteiger partial charge on any atom is -0.872 e. The van der Waals surface area contributed by atoms with E-state index >= 15 is 0 Å². The van der Waals surface area contributed by atoms with Gasteiger partial charge in [0, 0.05) is 37.5 Å². The fourth-order valence-electron chi connectivity index (χ4n) is 3.60. The van der Waals surface area contributed by atoms with Crippen molar-refractivity contribution < 1.29 is 56.0 Å². The molecule has 11 nitrogen and oxygen atoms in total. The molecule has 0 aliphatic heterocycles. The van der Waals surface area contributed by atoms with Crippen molar-refractivity contribution in [2.45, 2.75) is 19.4 Å². The first-order chi connectivity index (χ1) is 17.1. The predicted octanol–water partition coefficient (Wildman–Crippen LogP) is -1.28. The molecule has 0 fully saturated rings. The van der Waals surface area contributed by atoms with Crippen LogP contribution in [0.25, 0.3) is 10.8 Å². The van der Waals surface area contributed by atoms with Gasteiger partial charge in [-0.15, -0.1) is 10.2 Å². The van der Waals surface area contributed by atoms with Crippen LogP contribution in [0, 0.1) is 20.4 Å². The Morgan fingerprint density at radius 2 is 1.57 bits per heavy atom. The second kappa shape index (κ2) is 16.3. The van der Waals surface area contributed by atoms with Crippen molar-refractivity contribution in [1.29, 1.82) is 0 Å². The summed E-state index contributed by atoms with van der Waals surface area (Å²) in [6.45, 7) is 3.13. The van der Waals surface area contributed by atoms with Gasteiger partial charge in [-0.05, 0) is 42.3 Å². The van der Waals surface area contributed by atoms with Gasteiger partial charge in [0.2, 0.25) is 0 Å². The molecule has 0 unspecified atom stereocenters. The molecular weight excluding hydrogens is 555 g/mol. The maximum absolute atomic E-state index is 12.2. The van der Waals surface area contributed by atoms with E-state index < -0.39 is 10.2 Å². The molecule has 0 aromatic heterocycles. The number of nitro groups is 1. The molecule has 0 saturated carbocycles. The van der Waals surface area contributed by atoms with E-state index in [-0.39, 0.29) is 33.4 Å². The normalized spacial score (nSPS) is 11.3. The van der Waals surface area contributed by atoms with Gasteiger partial charge in [0.05, 0.1) is 4.92 Å². The zero-order valence-electron chi connectivity index (χ0n) is 19.8. The maximum Gasteiger partial charge on any atom is 2.00 e. The topological polar surface area (TPSA) is 200 Å². The molecule has 2 N–H and O–H groups in total. The fraction of sp³-hybridized carbons (Fsp3) is 0.292. The molecule has 0 saturated heterocycles. The van der Waals surface area contributed by atoms with Crippen LogP contribution >= 0.6 is 0 Å². The number of fused-ring (bicyclic) bond motifs is 1. The van der Waals surface area contributed by atoms with Gasteiger partial charge in [-0.3, -0.25) is 20.0 Å². The summed E-state index contributed by atoms with van der Waals surface area (Å²) in [6.07, 6.45) is 3.26. The summed E-state index contributed by atoms with van der Waals surface area (Å²) in [7, 11) is -4.94. The van der Waals surface area contributed by atoms with Crippen LogP contribution in [0.3, 0.4) is 0 Å². The largest absolute Gasteiger partial charge is 2.00 e. The summed E-state index contributed by atoms with van der Waals surface area (Å²) in [5.41, 5.74) is 7.10. The minimum absolute atomic E-state index is 0. The Morgan fingerprint density at radius 3 is 2.24 bits per heavy atom. The van der Waals surface area contributed by atoms with Gasteiger partial charge in [0.1, 0.15) is 0 Å². The Balaban J connectivity index is 0.00000104. The summed E-state index contributed by atoms with van der Waals surface area (Å²) in [5, 5.41) is 25.5. The number of rotatable bonds is 11. The molecule has 3 rings (SSSR count). The third kappa shape index (κ3) is 12.0. The van der Waals surface area contributed by atoms with Crippen LogP contribution in [0.5, 0.6) is 5.75 Å². The van der Waals surface area contributed by atoms with E-state index in [2.05, 4.69) is 9.89 Å². The van der Waals surface area contributed by atoms with Crippen LogP contribution in [-0.2, 0) is 23.6 Å². The van der Waals surface area contributed by atoms with Crippen molar-refractivity contribution in [3.8, 4) is 5.75 Å². The number of para-hydroxylation sites is 1. The summed E-state index contributed by atoms with van der Waals surface area (Å²) < 4.78 is 34.0. The van der Waals surface area contributed by atoms with Gasteiger partial charge in [-0.25, -0.2) is 18.6 Å². The van der Waals surface area contributed by atoms with Crippen LogP contribution in [0.15, 0.2) is 65.7 Å². The average molecular weight is 583 g/mol. The molecule has 1 radical (unpaired) electrons. The van der Waals surface area contributed by atoms with Crippen molar-refractivity contribution >= 4 is 22.7 Å². The van der Waals surface area contributed by atoms with E-state index in [0.29, 0.717) is 30.8 Å². The molecule has 0 bridgehead atoms. The molecule has 3 aromatic carbocycles. The molecule has 13 heteroatoms. The van der Waals surface area contributed by atoms with E-state index in [1.165, 1.54) is 6.07 Å². The summed E-state index contributed by atoms with van der Waals surface area (Å²) in [5.74, 6) is -0.0385. The molecule has 203 valence electrons. The molecule has 0 amide bonds. The Labute approximate surface area is 227 Å². The van der Waals surface area contributed by atoms with E-state index in [9.17, 15) is 15.2 Å². The van der Waals surface area contributed by atoms with E-state index in [1.807, 2.05) is 36.4 Å². The number of aliphatic imine (C=N–C) groups is 1. The summed E-state index contributed by atoms with van der Waals surface area (Å²) in [4.78, 5) is 17.6. The molecule has 0 heterocycles. The van der Waals surface area contributed by atoms with E-state index in [1.54, 1.807) is 24.4 Å². The molecule has 3 aromatic rings. The van der Waals surface area contributed by atoms with E-state index in [4.69, 9.17) is 24.4 Å². The first kappa shape index (κ1) is 32.4. The van der Waals surface area contributed by atoms with Crippen LogP contribution in [0.1, 0.15) is 24.0 Å². The van der Waals surface area contributed by atoms with Gasteiger partial charge in [0.25, 0.3) is 5.69 Å². The van der Waals surface area contributed by atoms with Crippen molar-refractivity contribution in [1.82, 2.24) is 4.90 Å². The Bertz CT molecular complexity index is 1160. The van der Waals surface area contributed by atoms with E-state index in [0.717, 1.165) is 36.7 Å². The zero-order valence-corrected chi connectivity index (χ0v) is 21.5. The van der Waals surface area contributed by atoms with Crippen molar-refractivity contribution in [3.05, 3.63) is 81.9 Å². The second-order valence-electron chi connectivity index (χ2n) is 7.77. The number of benzene rings is 3. The quantitative estimate of drug-likeness (QED) is 0.0940. The molecular formula is C24H27ClCuN4O7. The SMILES string of the molecule is NCCCN(CCCN=Cc1c([O-])ccc2ccccc12)Cc1ccccc1[N+](=O)[O-].[Cu+2].[O-][Cl+3]([O-])([O-])[O-]. The molecule has 37 heavy (non-hydrogen) atoms. The molecule has 0 aliphatic rings. The molecule has 0 aliphatic carbocycles. The summed E-state index contributed by atoms with van der Waals surface area (Å²) >= 11 is 0. The first-order valence-electron chi connectivity index (χ1n) is 11.0. The van der Waals surface area contributed by atoms with Crippen molar-refractivity contribution in [2.24, 2.45) is 10.7 Å². The number of nitro benzene ring substituents is 1. The van der Waals surface area contributed by atoms with Gasteiger partial charge < -0.3 is 10.8 Å². The fourth-order valence-corrected chi connectivity index (χ4v) is 3.60. The standard InChI is InChI=1S/C24H28N4O3.ClHO4.Cu/c25-13-5-15-27(18-20-8-2-4-10-23(20)28(30)31)16-6-14-26-17-22-21-9-3-1-7-19(21)11-12-24(22)29;2-1(3,4)5;/h1-4,7-12,17,29H,5-6,13-16,18,25H2;(H,2,3,4,5);/q;;+2/p-2. The zero-order chi connectivity index (χ0) is 26.6. The Kier molecular flexibility index (Phi) is 14.2. The van der Waals surface area contributed by atoms with Crippen LogP contribution in [0.2, 0.25) is 0 Å². The van der Waals surface area contributed by atoms with Gasteiger partial charge in [0.15, 0.2) is 0 Å². The first-order valence-corrected chi connectivity index (χ1v) is 12.3. The number of nitrogens with zero attached hydrogens (tertiary/aromatic N) is 3. The third-order valence-electron chi connectivity index (χ3n) is 5.17. The number of halogens is 1. The van der Waals surface area contributed by atoms with Gasteiger partial charge >= 0.3 is 17.1 Å². The number of hydrogen-bond acceptors (Lipinski definition) is 10.